The number of rotatable bonds is 6. The van der Waals surface area contributed by atoms with Crippen molar-refractivity contribution in [3.63, 3.8) is 0 Å². The van der Waals surface area contributed by atoms with Gasteiger partial charge in [0.05, 0.1) is 0 Å². The number of ether oxygens (including phenoxy) is 1. The molecule has 5 nitrogen and oxygen atoms in total. The zero-order chi connectivity index (χ0) is 17.8. The number of carbonyl (C=O) groups is 2. The van der Waals surface area contributed by atoms with Crippen molar-refractivity contribution < 1.29 is 17.4 Å². The summed E-state index contributed by atoms with van der Waals surface area (Å²) in [6.07, 6.45) is 0. The SMILES string of the molecule is COCC(=O)N(c1c(C)cccc1C)C(C)C(=O)[O][Sn]([CH3])([CH3])[CH3]. The average molecular weight is 428 g/mol. The quantitative estimate of drug-likeness (QED) is 0.654. The van der Waals surface area contributed by atoms with Gasteiger partial charge in [0.25, 0.3) is 0 Å². The van der Waals surface area contributed by atoms with Crippen molar-refractivity contribution in [1.82, 2.24) is 0 Å². The molecule has 6 heteroatoms. The van der Waals surface area contributed by atoms with Gasteiger partial charge in [-0.05, 0) is 0 Å². The number of para-hydroxylation sites is 1. The third-order valence-corrected chi connectivity index (χ3v) is 5.67. The van der Waals surface area contributed by atoms with Gasteiger partial charge in [-0.3, -0.25) is 0 Å². The summed E-state index contributed by atoms with van der Waals surface area (Å²) in [5, 5.41) is 0. The summed E-state index contributed by atoms with van der Waals surface area (Å²) in [6.45, 7) is 5.48. The summed E-state index contributed by atoms with van der Waals surface area (Å²) in [4.78, 5) is 32.6. The molecule has 0 aliphatic heterocycles. The number of amides is 1. The normalized spacial score (nSPS) is 12.7. The van der Waals surface area contributed by atoms with Crippen molar-refractivity contribution in [2.75, 3.05) is 18.6 Å². The van der Waals surface area contributed by atoms with Gasteiger partial charge in [-0.2, -0.15) is 0 Å². The molecule has 0 N–H and O–H groups in total. The molecular formula is C17H27NO4Sn. The molecule has 0 heterocycles. The Morgan fingerprint density at radius 3 is 2.13 bits per heavy atom. The van der Waals surface area contributed by atoms with E-state index >= 15 is 0 Å². The molecule has 128 valence electrons. The molecule has 23 heavy (non-hydrogen) atoms. The Hall–Kier alpha value is -1.08. The van der Waals surface area contributed by atoms with Crippen LogP contribution in [0.15, 0.2) is 18.2 Å². The van der Waals surface area contributed by atoms with Gasteiger partial charge in [-0.1, -0.05) is 0 Å². The Morgan fingerprint density at radius 2 is 1.70 bits per heavy atom. The number of anilines is 1. The van der Waals surface area contributed by atoms with Gasteiger partial charge >= 0.3 is 143 Å². The third kappa shape index (κ3) is 5.49. The number of nitrogens with zero attached hydrogens (tertiary/aromatic N) is 1. The standard InChI is InChI=1S/C14H19NO4.3CH3.Sn/c1-9-6-5-7-10(2)13(9)15(11(3)14(17)18)12(16)8-19-4;;;;/h5-7,11H,8H2,1-4H3,(H,17,18);3*1H3;/q;;;;+1/p-1. The second-order valence-electron chi connectivity index (χ2n) is 6.65. The van der Waals surface area contributed by atoms with E-state index in [1.807, 2.05) is 46.9 Å². The summed E-state index contributed by atoms with van der Waals surface area (Å²) in [6, 6.07) is 5.10. The van der Waals surface area contributed by atoms with E-state index < -0.39 is 24.8 Å². The molecule has 1 aromatic rings. The van der Waals surface area contributed by atoms with Gasteiger partial charge < -0.3 is 0 Å². The van der Waals surface area contributed by atoms with Crippen LogP contribution in [0.2, 0.25) is 14.8 Å². The van der Waals surface area contributed by atoms with Crippen LogP contribution in [-0.4, -0.2) is 50.4 Å². The Balaban J connectivity index is 3.26. The minimum atomic E-state index is -2.76. The first kappa shape index (κ1) is 20.0. The Bertz CT molecular complexity index is 560. The summed E-state index contributed by atoms with van der Waals surface area (Å²) in [5.41, 5.74) is 2.63. The number of carbonyl (C=O) groups excluding carboxylic acids is 2. The number of methoxy groups -OCH3 is 1. The number of benzene rings is 1. The predicted molar refractivity (Wildman–Crippen MR) is 94.2 cm³/mol. The van der Waals surface area contributed by atoms with Crippen LogP contribution in [0.25, 0.3) is 0 Å². The maximum atomic E-state index is 12.6. The Kier molecular flexibility index (Phi) is 7.07. The molecule has 0 saturated heterocycles. The van der Waals surface area contributed by atoms with Crippen LogP contribution in [0.4, 0.5) is 5.69 Å². The first-order valence-electron chi connectivity index (χ1n) is 7.68. The summed E-state index contributed by atoms with van der Waals surface area (Å²) < 4.78 is 10.6. The van der Waals surface area contributed by atoms with E-state index in [-0.39, 0.29) is 18.5 Å². The summed E-state index contributed by atoms with van der Waals surface area (Å²) >= 11 is -2.76. The van der Waals surface area contributed by atoms with Crippen LogP contribution in [-0.2, 0) is 17.4 Å². The molecular weight excluding hydrogens is 401 g/mol. The fourth-order valence-electron chi connectivity index (χ4n) is 2.41. The number of hydrogen-bond donors (Lipinski definition) is 0. The van der Waals surface area contributed by atoms with Gasteiger partial charge in [0.2, 0.25) is 0 Å². The fourth-order valence-corrected chi connectivity index (χ4v) is 4.61. The molecule has 0 spiro atoms. The molecule has 0 saturated carbocycles. The van der Waals surface area contributed by atoms with E-state index in [1.54, 1.807) is 6.92 Å². The number of hydrogen-bond acceptors (Lipinski definition) is 4. The first-order valence-corrected chi connectivity index (χ1v) is 17.4. The zero-order valence-electron chi connectivity index (χ0n) is 15.1. The molecule has 1 rings (SSSR count). The van der Waals surface area contributed by atoms with Gasteiger partial charge in [0.15, 0.2) is 0 Å². The minimum absolute atomic E-state index is 0.0792. The fraction of sp³-hybridized carbons (Fsp3) is 0.529. The molecule has 0 fully saturated rings. The van der Waals surface area contributed by atoms with Crippen LogP contribution in [0.3, 0.4) is 0 Å². The van der Waals surface area contributed by atoms with E-state index in [4.69, 9.17) is 7.81 Å². The van der Waals surface area contributed by atoms with Crippen LogP contribution < -0.4 is 4.90 Å². The van der Waals surface area contributed by atoms with Crippen LogP contribution in [0, 0.1) is 13.8 Å². The summed E-state index contributed by atoms with van der Waals surface area (Å²) in [7, 11) is 1.47. The molecule has 0 aromatic heterocycles. The second-order valence-corrected chi connectivity index (χ2v) is 19.3. The van der Waals surface area contributed by atoms with Gasteiger partial charge in [0.1, 0.15) is 0 Å². The van der Waals surface area contributed by atoms with E-state index in [1.165, 1.54) is 12.0 Å². The van der Waals surface area contributed by atoms with Crippen molar-refractivity contribution in [3.8, 4) is 0 Å². The molecule has 1 amide bonds. The maximum absolute atomic E-state index is 12.6. The van der Waals surface area contributed by atoms with Gasteiger partial charge in [-0.25, -0.2) is 0 Å². The monoisotopic (exact) mass is 429 g/mol. The van der Waals surface area contributed by atoms with E-state index in [9.17, 15) is 9.59 Å². The number of aryl methyl sites for hydroxylation is 2. The van der Waals surface area contributed by atoms with E-state index in [0.29, 0.717) is 0 Å². The van der Waals surface area contributed by atoms with Crippen LogP contribution >= 0.6 is 0 Å². The summed E-state index contributed by atoms with van der Waals surface area (Å²) in [5.74, 6) is -0.598. The van der Waals surface area contributed by atoms with Gasteiger partial charge in [0, 0.05) is 0 Å². The predicted octanol–water partition coefficient (Wildman–Crippen LogP) is 3.05. The van der Waals surface area contributed by atoms with Crippen LogP contribution in [0.1, 0.15) is 18.1 Å². The van der Waals surface area contributed by atoms with Crippen molar-refractivity contribution >= 4 is 36.4 Å². The second kappa shape index (κ2) is 8.15. The zero-order valence-corrected chi connectivity index (χ0v) is 18.0. The third-order valence-electron chi connectivity index (χ3n) is 3.35. The molecule has 1 unspecified atom stereocenters. The molecule has 1 atom stereocenters. The molecule has 0 bridgehead atoms. The molecule has 0 radical (unpaired) electrons. The Labute approximate surface area is 143 Å². The molecule has 1 aromatic carbocycles. The van der Waals surface area contributed by atoms with Crippen LogP contribution in [0.5, 0.6) is 0 Å². The average Bonchev–Trinajstić information content (AvgIpc) is 2.40. The van der Waals surface area contributed by atoms with Crippen molar-refractivity contribution in [2.24, 2.45) is 0 Å². The topological polar surface area (TPSA) is 55.8 Å². The van der Waals surface area contributed by atoms with E-state index in [2.05, 4.69) is 0 Å². The van der Waals surface area contributed by atoms with Crippen molar-refractivity contribution in [1.29, 1.82) is 0 Å². The van der Waals surface area contributed by atoms with E-state index in [0.717, 1.165) is 16.8 Å². The van der Waals surface area contributed by atoms with Crippen molar-refractivity contribution in [2.45, 2.75) is 41.6 Å². The first-order chi connectivity index (χ1) is 10.6. The van der Waals surface area contributed by atoms with Gasteiger partial charge in [-0.15, -0.1) is 0 Å². The molecule has 0 aliphatic carbocycles. The molecule has 0 aliphatic rings. The Morgan fingerprint density at radius 1 is 1.17 bits per heavy atom. The van der Waals surface area contributed by atoms with Crippen molar-refractivity contribution in [3.05, 3.63) is 29.3 Å².